The number of allylic oxidation sites excluding steroid dienone is 1. The molecule has 0 aromatic rings. The zero-order chi connectivity index (χ0) is 13.6. The Bertz CT molecular complexity index is 531. The summed E-state index contributed by atoms with van der Waals surface area (Å²) in [6.07, 6.45) is 4.10. The van der Waals surface area contributed by atoms with Gasteiger partial charge in [0, 0.05) is 31.5 Å². The van der Waals surface area contributed by atoms with Gasteiger partial charge in [0.2, 0.25) is 0 Å². The van der Waals surface area contributed by atoms with Crippen molar-refractivity contribution in [1.82, 2.24) is 4.90 Å². The van der Waals surface area contributed by atoms with Crippen molar-refractivity contribution < 1.29 is 0 Å². The van der Waals surface area contributed by atoms with Gasteiger partial charge in [-0.3, -0.25) is 0 Å². The molecule has 3 heterocycles. The highest BCUT2D eigenvalue weighted by Crippen LogP contribution is 2.97. The second kappa shape index (κ2) is 3.27. The van der Waals surface area contributed by atoms with Crippen molar-refractivity contribution in [3.63, 3.8) is 0 Å². The first-order chi connectivity index (χ1) is 8.90. The van der Waals surface area contributed by atoms with Gasteiger partial charge in [0.05, 0.1) is 5.41 Å². The summed E-state index contributed by atoms with van der Waals surface area (Å²) >= 11 is 0. The van der Waals surface area contributed by atoms with Crippen LogP contribution in [-0.4, -0.2) is 34.1 Å². The lowest BCUT2D eigenvalue weighted by molar-refractivity contribution is 0.302. The summed E-state index contributed by atoms with van der Waals surface area (Å²) in [5.41, 5.74) is 3.51. The maximum absolute atomic E-state index is 5.29. The largest absolute Gasteiger partial charge is 0.359 e. The van der Waals surface area contributed by atoms with Crippen molar-refractivity contribution in [3.05, 3.63) is 11.1 Å². The number of amidine groups is 1. The minimum Gasteiger partial charge on any atom is -0.359 e. The molecule has 19 heavy (non-hydrogen) atoms. The number of piperidine rings is 1. The molecule has 4 aliphatic rings. The minimum atomic E-state index is -0.166. The zero-order valence-electron chi connectivity index (χ0n) is 12.9. The number of rotatable bonds is 0. The van der Waals surface area contributed by atoms with Crippen molar-refractivity contribution in [2.75, 3.05) is 13.1 Å². The molecule has 104 valence electrons. The smallest absolute Gasteiger partial charge is 0.114 e. The first-order valence-electron chi connectivity index (χ1n) is 7.73. The number of hydrogen-bond donors (Lipinski definition) is 0. The Morgan fingerprint density at radius 1 is 1.00 bits per heavy atom. The highest BCUT2D eigenvalue weighted by Gasteiger charge is 2.87. The van der Waals surface area contributed by atoms with Crippen LogP contribution in [0, 0.1) is 5.41 Å². The van der Waals surface area contributed by atoms with E-state index < -0.39 is 0 Å². The van der Waals surface area contributed by atoms with Crippen LogP contribution in [0.15, 0.2) is 15.9 Å². The molecule has 0 amide bonds. The Morgan fingerprint density at radius 3 is 2.26 bits per heavy atom. The molecule has 0 spiro atoms. The Kier molecular flexibility index (Phi) is 2.13. The van der Waals surface area contributed by atoms with Crippen LogP contribution in [-0.2, 0) is 0 Å². The van der Waals surface area contributed by atoms with Crippen LogP contribution in [0.2, 0.25) is 0 Å². The Morgan fingerprint density at radius 2 is 1.63 bits per heavy atom. The number of fused-ring (bicyclic) bond motifs is 1. The second-order valence-electron chi connectivity index (χ2n) is 7.30. The molecule has 0 saturated carbocycles. The fourth-order valence-electron chi connectivity index (χ4n) is 5.18. The summed E-state index contributed by atoms with van der Waals surface area (Å²) in [7, 11) is -0.166. The van der Waals surface area contributed by atoms with Crippen molar-refractivity contribution >= 4 is 13.9 Å². The predicted octanol–water partition coefficient (Wildman–Crippen LogP) is 4.17. The number of likely N-dealkylation sites (tertiary alicyclic amines) is 1. The van der Waals surface area contributed by atoms with Crippen molar-refractivity contribution in [2.24, 2.45) is 10.2 Å². The first kappa shape index (κ1) is 12.4. The van der Waals surface area contributed by atoms with Crippen molar-refractivity contribution in [3.8, 4) is 0 Å². The molecule has 4 unspecified atom stereocenters. The third-order valence-corrected chi connectivity index (χ3v) is 10.6. The van der Waals surface area contributed by atoms with Gasteiger partial charge in [-0.15, -0.1) is 0 Å². The van der Waals surface area contributed by atoms with Gasteiger partial charge in [-0.05, 0) is 47.0 Å². The molecule has 4 atom stereocenters. The summed E-state index contributed by atoms with van der Waals surface area (Å²) in [6, 6.07) is 0. The van der Waals surface area contributed by atoms with Gasteiger partial charge in [0.1, 0.15) is 5.84 Å². The van der Waals surface area contributed by atoms with Crippen LogP contribution in [0.3, 0.4) is 0 Å². The van der Waals surface area contributed by atoms with E-state index in [2.05, 4.69) is 39.5 Å². The second-order valence-corrected chi connectivity index (χ2v) is 9.92. The molecule has 2 fully saturated rings. The monoisotopic (exact) mass is 276 g/mol. The molecule has 0 aromatic heterocycles. The molecule has 4 rings (SSSR count). The molecule has 0 radical (unpaired) electrons. The van der Waals surface area contributed by atoms with Crippen molar-refractivity contribution in [2.45, 2.75) is 64.2 Å². The van der Waals surface area contributed by atoms with Crippen LogP contribution in [0.1, 0.15) is 53.9 Å². The fourth-order valence-corrected chi connectivity index (χ4v) is 8.99. The minimum absolute atomic E-state index is 0.166. The van der Waals surface area contributed by atoms with Crippen LogP contribution in [0.5, 0.6) is 0 Å². The van der Waals surface area contributed by atoms with Gasteiger partial charge in [-0.25, -0.2) is 4.76 Å². The van der Waals surface area contributed by atoms with Gasteiger partial charge in [0.15, 0.2) is 0 Å². The first-order valence-corrected chi connectivity index (χ1v) is 9.02. The van der Waals surface area contributed by atoms with Gasteiger partial charge in [-0.2, -0.15) is 0 Å². The quantitative estimate of drug-likeness (QED) is 0.479. The topological polar surface area (TPSA) is 15.6 Å². The summed E-state index contributed by atoms with van der Waals surface area (Å²) in [5, 5.41) is 0.844. The maximum Gasteiger partial charge on any atom is 0.114 e. The lowest BCUT2D eigenvalue weighted by Gasteiger charge is -2.40. The van der Waals surface area contributed by atoms with Gasteiger partial charge in [0.25, 0.3) is 0 Å². The molecule has 2 saturated heterocycles. The fraction of sp³-hybridized carbons (Fsp3) is 0.812. The summed E-state index contributed by atoms with van der Waals surface area (Å²) < 4.78 is 5.29. The Hall–Kier alpha value is -0.360. The van der Waals surface area contributed by atoms with Gasteiger partial charge < -0.3 is 4.90 Å². The van der Waals surface area contributed by atoms with Crippen LogP contribution < -0.4 is 0 Å². The van der Waals surface area contributed by atoms with E-state index >= 15 is 0 Å². The molecular weight excluding hydrogens is 251 g/mol. The summed E-state index contributed by atoms with van der Waals surface area (Å²) in [6.45, 7) is 14.7. The van der Waals surface area contributed by atoms with Crippen LogP contribution in [0.25, 0.3) is 0 Å². The lowest BCUT2D eigenvalue weighted by atomic mass is 9.72. The highest BCUT2D eigenvalue weighted by molar-refractivity contribution is 7.70. The van der Waals surface area contributed by atoms with E-state index in [4.69, 9.17) is 4.76 Å². The van der Waals surface area contributed by atoms with Crippen LogP contribution in [0.4, 0.5) is 0 Å². The van der Waals surface area contributed by atoms with Gasteiger partial charge >= 0.3 is 0 Å². The lowest BCUT2D eigenvalue weighted by Crippen LogP contribution is -2.49. The number of nitrogens with zero attached hydrogens (tertiary/aromatic N) is 2. The molecule has 2 nitrogen and oxygen atoms in total. The zero-order valence-corrected chi connectivity index (χ0v) is 13.8. The third kappa shape index (κ3) is 1.00. The summed E-state index contributed by atoms with van der Waals surface area (Å²) in [4.78, 5) is 2.62. The SMILES string of the molecule is CC1=C(C)C2(C)P3N=C(N4CCCCC4)C1(C)C32C. The van der Waals surface area contributed by atoms with E-state index in [9.17, 15) is 0 Å². The van der Waals surface area contributed by atoms with E-state index in [-0.39, 0.29) is 13.5 Å². The normalized spacial score (nSPS) is 51.5. The molecule has 0 aromatic carbocycles. The van der Waals surface area contributed by atoms with E-state index in [1.54, 1.807) is 11.1 Å². The summed E-state index contributed by atoms with van der Waals surface area (Å²) in [5.74, 6) is 1.45. The molecule has 0 N–H and O–H groups in total. The Labute approximate surface area is 118 Å². The maximum atomic E-state index is 5.29. The average Bonchev–Trinajstić information content (AvgIpc) is 2.77. The van der Waals surface area contributed by atoms with E-state index in [0.29, 0.717) is 10.3 Å². The van der Waals surface area contributed by atoms with Crippen LogP contribution >= 0.6 is 8.07 Å². The molecule has 3 aliphatic heterocycles. The predicted molar refractivity (Wildman–Crippen MR) is 83.1 cm³/mol. The van der Waals surface area contributed by atoms with Crippen molar-refractivity contribution in [1.29, 1.82) is 0 Å². The molecule has 1 aliphatic carbocycles. The molecular formula is C16H25N2P. The van der Waals surface area contributed by atoms with E-state index in [1.807, 2.05) is 0 Å². The number of hydrogen-bond acceptors (Lipinski definition) is 2. The van der Waals surface area contributed by atoms with E-state index in [1.165, 1.54) is 38.2 Å². The average molecular weight is 276 g/mol. The molecule has 3 heteroatoms. The van der Waals surface area contributed by atoms with E-state index in [0.717, 1.165) is 0 Å². The molecule has 0 bridgehead atoms. The highest BCUT2D eigenvalue weighted by atomic mass is 31.1. The Balaban J connectivity index is 1.81. The third-order valence-electron chi connectivity index (χ3n) is 7.06. The standard InChI is InChI=1S/C16H25N2P/c1-11-12(2)15(4)16(5)14(11,3)13(17-19(15)16)18-9-7-6-8-10-18/h6-10H2,1-5H3. The van der Waals surface area contributed by atoms with Gasteiger partial charge in [-0.1, -0.05) is 18.1 Å².